The van der Waals surface area contributed by atoms with Gasteiger partial charge in [0.1, 0.15) is 0 Å². The summed E-state index contributed by atoms with van der Waals surface area (Å²) in [5.74, 6) is -0.0227. The Morgan fingerprint density at radius 2 is 1.63 bits per heavy atom. The number of carbonyl (C=O) groups is 1. The Hall–Kier alpha value is -2.22. The molecule has 2 aromatic carbocycles. The zero-order valence-electron chi connectivity index (χ0n) is 15.6. The first-order valence-electron chi connectivity index (χ1n) is 8.87. The molecule has 27 heavy (non-hydrogen) atoms. The number of hydrogen-bond acceptors (Lipinski definition) is 4. The Bertz CT molecular complexity index is 887. The number of hydrogen-bond donors (Lipinski definition) is 0. The average Bonchev–Trinajstić information content (AvgIpc) is 2.69. The van der Waals surface area contributed by atoms with Gasteiger partial charge in [0.2, 0.25) is 10.0 Å². The van der Waals surface area contributed by atoms with Crippen LogP contribution < -0.4 is 0 Å². The van der Waals surface area contributed by atoms with Gasteiger partial charge in [0.05, 0.1) is 18.1 Å². The number of nitrogens with zero attached hydrogens (tertiary/aromatic N) is 2. The van der Waals surface area contributed by atoms with Crippen LogP contribution in [0.4, 0.5) is 0 Å². The van der Waals surface area contributed by atoms with Gasteiger partial charge in [-0.2, -0.15) is 4.31 Å². The maximum Gasteiger partial charge on any atom is 0.254 e. The van der Waals surface area contributed by atoms with Crippen molar-refractivity contribution in [3.8, 4) is 0 Å². The Labute approximate surface area is 160 Å². The molecule has 0 unspecified atom stereocenters. The van der Waals surface area contributed by atoms with Crippen LogP contribution in [-0.4, -0.2) is 56.9 Å². The Balaban J connectivity index is 1.68. The molecular weight excluding hydrogens is 364 g/mol. The lowest BCUT2D eigenvalue weighted by Crippen LogP contribution is -2.40. The number of amides is 1. The summed E-state index contributed by atoms with van der Waals surface area (Å²) in [5, 5.41) is 0. The van der Waals surface area contributed by atoms with Crippen molar-refractivity contribution in [2.45, 2.75) is 18.4 Å². The molecule has 144 valence electrons. The third-order valence-electron chi connectivity index (χ3n) is 4.63. The van der Waals surface area contributed by atoms with Crippen LogP contribution in [0.15, 0.2) is 53.4 Å². The van der Waals surface area contributed by atoms with Crippen LogP contribution >= 0.6 is 0 Å². The molecule has 0 atom stereocenters. The van der Waals surface area contributed by atoms with Crippen LogP contribution in [0.2, 0.25) is 0 Å². The van der Waals surface area contributed by atoms with Crippen LogP contribution in [0.25, 0.3) is 0 Å². The van der Waals surface area contributed by atoms with Gasteiger partial charge in [-0.3, -0.25) is 4.79 Å². The van der Waals surface area contributed by atoms with E-state index in [1.807, 2.05) is 6.92 Å². The van der Waals surface area contributed by atoms with Crippen LogP contribution in [0.3, 0.4) is 0 Å². The van der Waals surface area contributed by atoms with Gasteiger partial charge >= 0.3 is 0 Å². The van der Waals surface area contributed by atoms with E-state index in [0.717, 1.165) is 11.1 Å². The molecular formula is C20H24N2O4S. The summed E-state index contributed by atoms with van der Waals surface area (Å²) in [7, 11) is -2.00. The SMILES string of the molecule is Cc1ccc(S(=O)(=O)N(C)Cc2ccc(C(=O)N3CCOCC3)cc2)cc1. The molecule has 0 radical (unpaired) electrons. The number of rotatable bonds is 5. The van der Waals surface area contributed by atoms with Crippen molar-refractivity contribution >= 4 is 15.9 Å². The maximum absolute atomic E-state index is 12.7. The molecule has 1 aliphatic heterocycles. The fourth-order valence-electron chi connectivity index (χ4n) is 2.93. The Morgan fingerprint density at radius 1 is 1.04 bits per heavy atom. The number of benzene rings is 2. The molecule has 0 saturated carbocycles. The number of carbonyl (C=O) groups excluding carboxylic acids is 1. The second-order valence-electron chi connectivity index (χ2n) is 6.68. The van der Waals surface area contributed by atoms with Crippen LogP contribution in [0.5, 0.6) is 0 Å². The van der Waals surface area contributed by atoms with Gasteiger partial charge in [-0.1, -0.05) is 29.8 Å². The van der Waals surface area contributed by atoms with Crippen molar-refractivity contribution in [2.24, 2.45) is 0 Å². The zero-order chi connectivity index (χ0) is 19.4. The molecule has 0 spiro atoms. The Kier molecular flexibility index (Phi) is 5.94. The summed E-state index contributed by atoms with van der Waals surface area (Å²) < 4.78 is 31.9. The van der Waals surface area contributed by atoms with E-state index >= 15 is 0 Å². The largest absolute Gasteiger partial charge is 0.378 e. The van der Waals surface area contributed by atoms with Crippen molar-refractivity contribution in [1.29, 1.82) is 0 Å². The van der Waals surface area contributed by atoms with E-state index in [1.165, 1.54) is 4.31 Å². The minimum Gasteiger partial charge on any atom is -0.378 e. The third kappa shape index (κ3) is 4.55. The first-order chi connectivity index (χ1) is 12.9. The molecule has 7 heteroatoms. The highest BCUT2D eigenvalue weighted by Crippen LogP contribution is 2.18. The molecule has 1 aliphatic rings. The molecule has 1 saturated heterocycles. The van der Waals surface area contributed by atoms with Gasteiger partial charge in [-0.05, 0) is 36.8 Å². The highest BCUT2D eigenvalue weighted by molar-refractivity contribution is 7.89. The molecule has 1 heterocycles. The van der Waals surface area contributed by atoms with Crippen molar-refractivity contribution < 1.29 is 17.9 Å². The highest BCUT2D eigenvalue weighted by atomic mass is 32.2. The molecule has 1 fully saturated rings. The standard InChI is InChI=1S/C20H24N2O4S/c1-16-3-9-19(10-4-16)27(24,25)21(2)15-17-5-7-18(8-6-17)20(23)22-11-13-26-14-12-22/h3-10H,11-15H2,1-2H3. The third-order valence-corrected chi connectivity index (χ3v) is 6.45. The van der Waals surface area contributed by atoms with E-state index in [-0.39, 0.29) is 17.3 Å². The lowest BCUT2D eigenvalue weighted by molar-refractivity contribution is 0.0303. The average molecular weight is 388 g/mol. The van der Waals surface area contributed by atoms with Gasteiger partial charge in [-0.15, -0.1) is 0 Å². The molecule has 0 bridgehead atoms. The number of sulfonamides is 1. The van der Waals surface area contributed by atoms with E-state index in [2.05, 4.69) is 0 Å². The van der Waals surface area contributed by atoms with Gasteiger partial charge < -0.3 is 9.64 Å². The van der Waals surface area contributed by atoms with Crippen LogP contribution in [-0.2, 0) is 21.3 Å². The van der Waals surface area contributed by atoms with Gasteiger partial charge in [0, 0.05) is 32.2 Å². The topological polar surface area (TPSA) is 66.9 Å². The van der Waals surface area contributed by atoms with Crippen molar-refractivity contribution in [3.63, 3.8) is 0 Å². The minimum absolute atomic E-state index is 0.0227. The maximum atomic E-state index is 12.7. The molecule has 0 aromatic heterocycles. The predicted molar refractivity (Wildman–Crippen MR) is 103 cm³/mol. The second kappa shape index (κ2) is 8.21. The van der Waals surface area contributed by atoms with E-state index in [1.54, 1.807) is 60.5 Å². The molecule has 3 rings (SSSR count). The second-order valence-corrected chi connectivity index (χ2v) is 8.72. The lowest BCUT2D eigenvalue weighted by atomic mass is 10.1. The van der Waals surface area contributed by atoms with Gasteiger partial charge in [-0.25, -0.2) is 8.42 Å². The summed E-state index contributed by atoms with van der Waals surface area (Å²) in [6, 6.07) is 13.9. The van der Waals surface area contributed by atoms with Crippen LogP contribution in [0.1, 0.15) is 21.5 Å². The van der Waals surface area contributed by atoms with Gasteiger partial charge in [0.25, 0.3) is 5.91 Å². The first kappa shape index (κ1) is 19.5. The summed E-state index contributed by atoms with van der Waals surface area (Å²) in [4.78, 5) is 14.5. The van der Waals surface area contributed by atoms with Crippen molar-refractivity contribution in [3.05, 3.63) is 65.2 Å². The molecule has 0 aliphatic carbocycles. The van der Waals surface area contributed by atoms with Crippen LogP contribution in [0, 0.1) is 6.92 Å². The smallest absolute Gasteiger partial charge is 0.254 e. The van der Waals surface area contributed by atoms with E-state index in [4.69, 9.17) is 4.74 Å². The number of morpholine rings is 1. The molecule has 1 amide bonds. The summed E-state index contributed by atoms with van der Waals surface area (Å²) in [6.07, 6.45) is 0. The zero-order valence-corrected chi connectivity index (χ0v) is 16.4. The predicted octanol–water partition coefficient (Wildman–Crippen LogP) is 2.29. The van der Waals surface area contributed by atoms with E-state index in [0.29, 0.717) is 31.9 Å². The highest BCUT2D eigenvalue weighted by Gasteiger charge is 2.21. The summed E-state index contributed by atoms with van der Waals surface area (Å²) in [6.45, 7) is 4.47. The summed E-state index contributed by atoms with van der Waals surface area (Å²) in [5.41, 5.74) is 2.44. The lowest BCUT2D eigenvalue weighted by Gasteiger charge is -2.27. The summed E-state index contributed by atoms with van der Waals surface area (Å²) >= 11 is 0. The van der Waals surface area contributed by atoms with E-state index < -0.39 is 10.0 Å². The minimum atomic E-state index is -3.55. The van der Waals surface area contributed by atoms with Crippen molar-refractivity contribution in [2.75, 3.05) is 33.4 Å². The fourth-order valence-corrected chi connectivity index (χ4v) is 4.09. The van der Waals surface area contributed by atoms with E-state index in [9.17, 15) is 13.2 Å². The number of aryl methyl sites for hydroxylation is 1. The monoisotopic (exact) mass is 388 g/mol. The Morgan fingerprint density at radius 3 is 2.22 bits per heavy atom. The molecule has 0 N–H and O–H groups in total. The normalized spacial score (nSPS) is 15.1. The fraction of sp³-hybridized carbons (Fsp3) is 0.350. The van der Waals surface area contributed by atoms with Gasteiger partial charge in [0.15, 0.2) is 0 Å². The van der Waals surface area contributed by atoms with Crippen molar-refractivity contribution in [1.82, 2.24) is 9.21 Å². The number of ether oxygens (including phenoxy) is 1. The quantitative estimate of drug-likeness (QED) is 0.788. The molecule has 2 aromatic rings. The first-order valence-corrected chi connectivity index (χ1v) is 10.3. The molecule has 6 nitrogen and oxygen atoms in total.